The molecule has 116 valence electrons. The first-order chi connectivity index (χ1) is 9.51. The quantitative estimate of drug-likeness (QED) is 0.466. The van der Waals surface area contributed by atoms with Gasteiger partial charge in [-0.2, -0.15) is 0 Å². The predicted octanol–water partition coefficient (Wildman–Crippen LogP) is 1.14. The number of nitrogens with one attached hydrogen (secondary N) is 2. The SMILES string of the molecule is CCCCCNC(=O)CC[C@@H](NC(C)=O)C(=O)OCC. The highest BCUT2D eigenvalue weighted by molar-refractivity contribution is 5.84. The molecule has 0 radical (unpaired) electrons. The lowest BCUT2D eigenvalue weighted by Crippen LogP contribution is -2.41. The van der Waals surface area contributed by atoms with E-state index in [4.69, 9.17) is 4.74 Å². The number of carbonyl (C=O) groups is 3. The zero-order chi connectivity index (χ0) is 15.4. The van der Waals surface area contributed by atoms with Gasteiger partial charge in [-0.3, -0.25) is 9.59 Å². The summed E-state index contributed by atoms with van der Waals surface area (Å²) in [5.74, 6) is -0.923. The molecule has 0 aromatic heterocycles. The second-order valence-corrected chi connectivity index (χ2v) is 4.60. The summed E-state index contributed by atoms with van der Waals surface area (Å²) in [6.45, 7) is 6.02. The van der Waals surface area contributed by atoms with Crippen LogP contribution < -0.4 is 10.6 Å². The number of hydrogen-bond acceptors (Lipinski definition) is 4. The summed E-state index contributed by atoms with van der Waals surface area (Å²) >= 11 is 0. The molecule has 0 spiro atoms. The standard InChI is InChI=1S/C14H26N2O4/c1-4-6-7-10-15-13(18)9-8-12(16-11(3)17)14(19)20-5-2/h12H,4-10H2,1-3H3,(H,15,18)(H,16,17)/t12-/m1/s1. The second kappa shape index (κ2) is 11.3. The molecule has 6 nitrogen and oxygen atoms in total. The third kappa shape index (κ3) is 9.35. The lowest BCUT2D eigenvalue weighted by molar-refractivity contribution is -0.147. The third-order valence-electron chi connectivity index (χ3n) is 2.71. The van der Waals surface area contributed by atoms with Gasteiger partial charge < -0.3 is 15.4 Å². The summed E-state index contributed by atoms with van der Waals surface area (Å²) in [7, 11) is 0. The van der Waals surface area contributed by atoms with E-state index in [-0.39, 0.29) is 31.3 Å². The molecule has 1 atom stereocenters. The minimum atomic E-state index is -0.756. The van der Waals surface area contributed by atoms with E-state index in [0.717, 1.165) is 19.3 Å². The molecule has 0 aliphatic carbocycles. The number of rotatable bonds is 10. The number of carbonyl (C=O) groups excluding carboxylic acids is 3. The molecule has 0 bridgehead atoms. The van der Waals surface area contributed by atoms with Crippen LogP contribution >= 0.6 is 0 Å². The van der Waals surface area contributed by atoms with Crippen molar-refractivity contribution in [3.63, 3.8) is 0 Å². The Labute approximate surface area is 120 Å². The van der Waals surface area contributed by atoms with E-state index in [0.29, 0.717) is 6.54 Å². The smallest absolute Gasteiger partial charge is 0.328 e. The van der Waals surface area contributed by atoms with Crippen LogP contribution in [-0.4, -0.2) is 37.0 Å². The van der Waals surface area contributed by atoms with Crippen LogP contribution in [0.2, 0.25) is 0 Å². The molecule has 20 heavy (non-hydrogen) atoms. The van der Waals surface area contributed by atoms with Gasteiger partial charge in [-0.15, -0.1) is 0 Å². The highest BCUT2D eigenvalue weighted by atomic mass is 16.5. The molecule has 0 aromatic carbocycles. The van der Waals surface area contributed by atoms with Gasteiger partial charge in [0.25, 0.3) is 0 Å². The fourth-order valence-corrected chi connectivity index (χ4v) is 1.70. The zero-order valence-electron chi connectivity index (χ0n) is 12.7. The Kier molecular flexibility index (Phi) is 10.4. The molecule has 0 fully saturated rings. The van der Waals surface area contributed by atoms with Gasteiger partial charge in [-0.1, -0.05) is 19.8 Å². The third-order valence-corrected chi connectivity index (χ3v) is 2.71. The Morgan fingerprint density at radius 3 is 2.40 bits per heavy atom. The van der Waals surface area contributed by atoms with Crippen LogP contribution in [0.25, 0.3) is 0 Å². The maximum Gasteiger partial charge on any atom is 0.328 e. The Bertz CT molecular complexity index is 318. The molecule has 0 aliphatic rings. The normalized spacial score (nSPS) is 11.6. The largest absolute Gasteiger partial charge is 0.464 e. The van der Waals surface area contributed by atoms with Crippen molar-refractivity contribution in [2.75, 3.05) is 13.2 Å². The highest BCUT2D eigenvalue weighted by Crippen LogP contribution is 2.01. The summed E-state index contributed by atoms with van der Waals surface area (Å²) in [6, 6.07) is -0.756. The van der Waals surface area contributed by atoms with E-state index in [1.165, 1.54) is 6.92 Å². The van der Waals surface area contributed by atoms with E-state index < -0.39 is 12.0 Å². The van der Waals surface area contributed by atoms with E-state index in [1.807, 2.05) is 0 Å². The van der Waals surface area contributed by atoms with Crippen molar-refractivity contribution < 1.29 is 19.1 Å². The van der Waals surface area contributed by atoms with Crippen LogP contribution in [0.1, 0.15) is 52.9 Å². The molecule has 0 unspecified atom stereocenters. The van der Waals surface area contributed by atoms with Crippen molar-refractivity contribution in [3.05, 3.63) is 0 Å². The first kappa shape index (κ1) is 18.4. The summed E-state index contributed by atoms with van der Waals surface area (Å²) < 4.78 is 4.86. The van der Waals surface area contributed by atoms with Gasteiger partial charge in [0.2, 0.25) is 11.8 Å². The summed E-state index contributed by atoms with van der Waals surface area (Å²) in [5.41, 5.74) is 0. The predicted molar refractivity (Wildman–Crippen MR) is 76.0 cm³/mol. The van der Waals surface area contributed by atoms with Gasteiger partial charge in [-0.05, 0) is 19.8 Å². The molecule has 2 N–H and O–H groups in total. The molecule has 0 saturated heterocycles. The summed E-state index contributed by atoms with van der Waals surface area (Å²) in [5, 5.41) is 5.30. The van der Waals surface area contributed by atoms with E-state index in [9.17, 15) is 14.4 Å². The Hall–Kier alpha value is -1.59. The minimum Gasteiger partial charge on any atom is -0.464 e. The van der Waals surface area contributed by atoms with Crippen LogP contribution in [0.5, 0.6) is 0 Å². The van der Waals surface area contributed by atoms with Crippen LogP contribution in [0, 0.1) is 0 Å². The number of amides is 2. The van der Waals surface area contributed by atoms with Gasteiger partial charge >= 0.3 is 5.97 Å². The Morgan fingerprint density at radius 2 is 1.85 bits per heavy atom. The number of ether oxygens (including phenoxy) is 1. The number of unbranched alkanes of at least 4 members (excludes halogenated alkanes) is 2. The average molecular weight is 286 g/mol. The fourth-order valence-electron chi connectivity index (χ4n) is 1.70. The van der Waals surface area contributed by atoms with Crippen molar-refractivity contribution >= 4 is 17.8 Å². The molecule has 2 amide bonds. The number of esters is 1. The zero-order valence-corrected chi connectivity index (χ0v) is 12.7. The van der Waals surface area contributed by atoms with Crippen LogP contribution in [0.4, 0.5) is 0 Å². The molecule has 6 heteroatoms. The molecule has 0 heterocycles. The first-order valence-corrected chi connectivity index (χ1v) is 7.21. The van der Waals surface area contributed by atoms with Crippen LogP contribution in [0.3, 0.4) is 0 Å². The molecule has 0 rings (SSSR count). The average Bonchev–Trinajstić information content (AvgIpc) is 2.39. The Balaban J connectivity index is 4.07. The highest BCUT2D eigenvalue weighted by Gasteiger charge is 2.21. The van der Waals surface area contributed by atoms with E-state index in [2.05, 4.69) is 17.6 Å². The topological polar surface area (TPSA) is 84.5 Å². The molecule has 0 aromatic rings. The molecular weight excluding hydrogens is 260 g/mol. The summed E-state index contributed by atoms with van der Waals surface area (Å²) in [6.07, 6.45) is 3.57. The molecule has 0 aliphatic heterocycles. The van der Waals surface area contributed by atoms with Crippen molar-refractivity contribution in [2.24, 2.45) is 0 Å². The number of hydrogen-bond donors (Lipinski definition) is 2. The maximum absolute atomic E-state index is 11.6. The lowest BCUT2D eigenvalue weighted by atomic mass is 10.1. The second-order valence-electron chi connectivity index (χ2n) is 4.60. The fraction of sp³-hybridized carbons (Fsp3) is 0.786. The Morgan fingerprint density at radius 1 is 1.15 bits per heavy atom. The first-order valence-electron chi connectivity index (χ1n) is 7.21. The van der Waals surface area contributed by atoms with Crippen LogP contribution in [0.15, 0.2) is 0 Å². The molecular formula is C14H26N2O4. The van der Waals surface area contributed by atoms with Gasteiger partial charge in [-0.25, -0.2) is 4.79 Å². The van der Waals surface area contributed by atoms with Gasteiger partial charge in [0.15, 0.2) is 0 Å². The maximum atomic E-state index is 11.6. The summed E-state index contributed by atoms with van der Waals surface area (Å²) in [4.78, 5) is 34.3. The van der Waals surface area contributed by atoms with Gasteiger partial charge in [0.1, 0.15) is 6.04 Å². The van der Waals surface area contributed by atoms with Crippen molar-refractivity contribution in [2.45, 2.75) is 58.9 Å². The van der Waals surface area contributed by atoms with Crippen molar-refractivity contribution in [1.82, 2.24) is 10.6 Å². The van der Waals surface area contributed by atoms with Crippen molar-refractivity contribution in [1.29, 1.82) is 0 Å². The monoisotopic (exact) mass is 286 g/mol. The molecule has 0 saturated carbocycles. The van der Waals surface area contributed by atoms with Crippen LogP contribution in [-0.2, 0) is 19.1 Å². The van der Waals surface area contributed by atoms with E-state index >= 15 is 0 Å². The lowest BCUT2D eigenvalue weighted by Gasteiger charge is -2.16. The van der Waals surface area contributed by atoms with Gasteiger partial charge in [0, 0.05) is 19.9 Å². The minimum absolute atomic E-state index is 0.110. The van der Waals surface area contributed by atoms with E-state index in [1.54, 1.807) is 6.92 Å². The van der Waals surface area contributed by atoms with Gasteiger partial charge in [0.05, 0.1) is 6.61 Å². The van der Waals surface area contributed by atoms with Crippen molar-refractivity contribution in [3.8, 4) is 0 Å².